The second kappa shape index (κ2) is 6.52. The molecule has 1 heterocycles. The van der Waals surface area contributed by atoms with Crippen LogP contribution in [0.4, 0.5) is 0 Å². The summed E-state index contributed by atoms with van der Waals surface area (Å²) < 4.78 is 5.02. The van der Waals surface area contributed by atoms with Crippen LogP contribution in [0.25, 0.3) is 0 Å². The van der Waals surface area contributed by atoms with Gasteiger partial charge in [0.1, 0.15) is 12.1 Å². The van der Waals surface area contributed by atoms with E-state index >= 15 is 0 Å². The van der Waals surface area contributed by atoms with Gasteiger partial charge in [-0.15, -0.1) is 0 Å². The van der Waals surface area contributed by atoms with E-state index in [9.17, 15) is 9.59 Å². The molecule has 2 atom stereocenters. The van der Waals surface area contributed by atoms with Crippen LogP contribution in [-0.2, 0) is 14.3 Å². The molecule has 5 nitrogen and oxygen atoms in total. The standard InChI is InChI=1S/C15H20N2O3/c1-11-15(19)17(9-6-10-20-2)13(14(18)16-11)12-7-4-3-5-8-12/h3-5,7-8,11,13H,6,9-10H2,1-2H3,(H,16,18). The quantitative estimate of drug-likeness (QED) is 0.820. The predicted octanol–water partition coefficient (Wildman–Crippen LogP) is 1.11. The molecule has 1 aliphatic heterocycles. The Bertz CT molecular complexity index is 475. The van der Waals surface area contributed by atoms with Crippen molar-refractivity contribution in [2.45, 2.75) is 25.4 Å². The summed E-state index contributed by atoms with van der Waals surface area (Å²) in [6.07, 6.45) is 0.714. The van der Waals surface area contributed by atoms with Crippen LogP contribution in [0.3, 0.4) is 0 Å². The van der Waals surface area contributed by atoms with E-state index in [1.165, 1.54) is 0 Å². The first-order valence-electron chi connectivity index (χ1n) is 6.80. The van der Waals surface area contributed by atoms with Gasteiger partial charge in [0.25, 0.3) is 0 Å². The van der Waals surface area contributed by atoms with Crippen LogP contribution in [0.1, 0.15) is 24.9 Å². The van der Waals surface area contributed by atoms with Crippen molar-refractivity contribution in [3.63, 3.8) is 0 Å². The smallest absolute Gasteiger partial charge is 0.248 e. The van der Waals surface area contributed by atoms with E-state index in [1.807, 2.05) is 30.3 Å². The van der Waals surface area contributed by atoms with Gasteiger partial charge in [-0.05, 0) is 18.9 Å². The van der Waals surface area contributed by atoms with Crippen LogP contribution in [0.5, 0.6) is 0 Å². The minimum absolute atomic E-state index is 0.0467. The number of methoxy groups -OCH3 is 1. The average Bonchev–Trinajstić information content (AvgIpc) is 2.45. The first-order valence-corrected chi connectivity index (χ1v) is 6.80. The van der Waals surface area contributed by atoms with Gasteiger partial charge in [-0.1, -0.05) is 30.3 Å². The van der Waals surface area contributed by atoms with Gasteiger partial charge in [0.05, 0.1) is 0 Å². The third-order valence-corrected chi connectivity index (χ3v) is 3.44. The highest BCUT2D eigenvalue weighted by Gasteiger charge is 2.38. The molecule has 5 heteroatoms. The lowest BCUT2D eigenvalue weighted by atomic mass is 10.00. The van der Waals surface area contributed by atoms with E-state index in [0.29, 0.717) is 19.6 Å². The van der Waals surface area contributed by atoms with Gasteiger partial charge in [0.15, 0.2) is 0 Å². The fourth-order valence-corrected chi connectivity index (χ4v) is 2.46. The molecule has 0 aromatic heterocycles. The summed E-state index contributed by atoms with van der Waals surface area (Å²) in [6, 6.07) is 8.37. The van der Waals surface area contributed by atoms with Gasteiger partial charge in [0.2, 0.25) is 11.8 Å². The number of ether oxygens (including phenoxy) is 1. The van der Waals surface area contributed by atoms with Crippen LogP contribution in [-0.4, -0.2) is 43.0 Å². The molecule has 1 fully saturated rings. The molecule has 2 amide bonds. The number of carbonyl (C=O) groups is 2. The predicted molar refractivity (Wildman–Crippen MR) is 75.0 cm³/mol. The Morgan fingerprint density at radius 1 is 1.25 bits per heavy atom. The van der Waals surface area contributed by atoms with E-state index in [0.717, 1.165) is 5.56 Å². The maximum Gasteiger partial charge on any atom is 0.248 e. The van der Waals surface area contributed by atoms with Gasteiger partial charge in [-0.2, -0.15) is 0 Å². The van der Waals surface area contributed by atoms with Gasteiger partial charge in [-0.3, -0.25) is 9.59 Å². The van der Waals surface area contributed by atoms with Crippen molar-refractivity contribution in [1.29, 1.82) is 0 Å². The molecule has 1 saturated heterocycles. The lowest BCUT2D eigenvalue weighted by Crippen LogP contribution is -2.58. The van der Waals surface area contributed by atoms with Crippen molar-refractivity contribution < 1.29 is 14.3 Å². The minimum atomic E-state index is -0.545. The highest BCUT2D eigenvalue weighted by molar-refractivity contribution is 5.97. The van der Waals surface area contributed by atoms with Crippen molar-refractivity contribution in [3.8, 4) is 0 Å². The Morgan fingerprint density at radius 3 is 2.60 bits per heavy atom. The summed E-state index contributed by atoms with van der Waals surface area (Å²) in [4.78, 5) is 26.2. The summed E-state index contributed by atoms with van der Waals surface area (Å²) in [5.74, 6) is -0.171. The minimum Gasteiger partial charge on any atom is -0.385 e. The Hall–Kier alpha value is -1.88. The number of piperazine rings is 1. The van der Waals surface area contributed by atoms with Gasteiger partial charge in [0, 0.05) is 20.3 Å². The molecule has 0 aliphatic carbocycles. The molecule has 0 radical (unpaired) electrons. The molecule has 108 valence electrons. The van der Waals surface area contributed by atoms with Crippen LogP contribution >= 0.6 is 0 Å². The van der Waals surface area contributed by atoms with Crippen molar-refractivity contribution in [1.82, 2.24) is 10.2 Å². The number of hydrogen-bond donors (Lipinski definition) is 1. The summed E-state index contributed by atoms with van der Waals surface area (Å²) in [6.45, 7) is 2.80. The van der Waals surface area contributed by atoms with E-state index in [1.54, 1.807) is 18.9 Å². The lowest BCUT2D eigenvalue weighted by Gasteiger charge is -2.38. The topological polar surface area (TPSA) is 58.6 Å². The zero-order valence-corrected chi connectivity index (χ0v) is 11.8. The van der Waals surface area contributed by atoms with Gasteiger partial charge in [-0.25, -0.2) is 0 Å². The number of hydrogen-bond acceptors (Lipinski definition) is 3. The van der Waals surface area contributed by atoms with E-state index < -0.39 is 12.1 Å². The molecule has 0 saturated carbocycles. The third kappa shape index (κ3) is 2.99. The highest BCUT2D eigenvalue weighted by atomic mass is 16.5. The molecular formula is C15H20N2O3. The van der Waals surface area contributed by atoms with Crippen molar-refractivity contribution in [2.75, 3.05) is 20.3 Å². The van der Waals surface area contributed by atoms with Gasteiger partial charge >= 0.3 is 0 Å². The molecule has 1 aliphatic rings. The number of carbonyl (C=O) groups excluding carboxylic acids is 2. The summed E-state index contributed by atoms with van der Waals surface area (Å²) in [7, 11) is 1.63. The number of nitrogens with one attached hydrogen (secondary N) is 1. The second-order valence-electron chi connectivity index (χ2n) is 4.92. The molecule has 0 spiro atoms. The molecule has 1 aromatic carbocycles. The zero-order chi connectivity index (χ0) is 14.5. The fourth-order valence-electron chi connectivity index (χ4n) is 2.46. The summed E-state index contributed by atoms with van der Waals surface area (Å²) in [5, 5.41) is 2.74. The molecule has 20 heavy (non-hydrogen) atoms. The first kappa shape index (κ1) is 14.5. The van der Waals surface area contributed by atoms with Crippen molar-refractivity contribution in [3.05, 3.63) is 35.9 Å². The third-order valence-electron chi connectivity index (χ3n) is 3.44. The maximum atomic E-state index is 12.3. The van der Waals surface area contributed by atoms with Crippen molar-refractivity contribution in [2.24, 2.45) is 0 Å². The van der Waals surface area contributed by atoms with Gasteiger partial charge < -0.3 is 15.0 Å². The molecule has 1 N–H and O–H groups in total. The summed E-state index contributed by atoms with van der Waals surface area (Å²) >= 11 is 0. The summed E-state index contributed by atoms with van der Waals surface area (Å²) in [5.41, 5.74) is 0.836. The number of benzene rings is 1. The van der Waals surface area contributed by atoms with Crippen LogP contribution in [0.2, 0.25) is 0 Å². The Balaban J connectivity index is 2.24. The second-order valence-corrected chi connectivity index (χ2v) is 4.92. The number of nitrogens with zero attached hydrogens (tertiary/aromatic N) is 1. The van der Waals surface area contributed by atoms with Crippen molar-refractivity contribution >= 4 is 11.8 Å². The molecular weight excluding hydrogens is 256 g/mol. The molecule has 2 unspecified atom stereocenters. The number of rotatable bonds is 5. The Morgan fingerprint density at radius 2 is 1.95 bits per heavy atom. The number of amides is 2. The van der Waals surface area contributed by atoms with Crippen LogP contribution in [0, 0.1) is 0 Å². The monoisotopic (exact) mass is 276 g/mol. The molecule has 0 bridgehead atoms. The zero-order valence-electron chi connectivity index (χ0n) is 11.8. The van der Waals surface area contributed by atoms with E-state index in [4.69, 9.17) is 4.74 Å². The SMILES string of the molecule is COCCCN1C(=O)C(C)NC(=O)C1c1ccccc1. The highest BCUT2D eigenvalue weighted by Crippen LogP contribution is 2.25. The Labute approximate surface area is 118 Å². The van der Waals surface area contributed by atoms with Crippen LogP contribution < -0.4 is 5.32 Å². The normalized spacial score (nSPS) is 22.8. The molecule has 2 rings (SSSR count). The largest absolute Gasteiger partial charge is 0.385 e. The fraction of sp³-hybridized carbons (Fsp3) is 0.467. The Kier molecular flexibility index (Phi) is 4.74. The average molecular weight is 276 g/mol. The first-order chi connectivity index (χ1) is 9.65. The molecule has 1 aromatic rings. The van der Waals surface area contributed by atoms with E-state index in [-0.39, 0.29) is 11.8 Å². The lowest BCUT2D eigenvalue weighted by molar-refractivity contribution is -0.149. The van der Waals surface area contributed by atoms with E-state index in [2.05, 4.69) is 5.32 Å². The maximum absolute atomic E-state index is 12.3. The van der Waals surface area contributed by atoms with Crippen LogP contribution in [0.15, 0.2) is 30.3 Å².